The van der Waals surface area contributed by atoms with Crippen LogP contribution in [0.25, 0.3) is 22.6 Å². The number of hydrogen-bond donors (Lipinski definition) is 3. The summed E-state index contributed by atoms with van der Waals surface area (Å²) >= 11 is 6.51. The molecule has 0 bridgehead atoms. The number of nitrogens with one attached hydrogen (secondary N) is 3. The molecule has 1 fully saturated rings. The van der Waals surface area contributed by atoms with Crippen LogP contribution < -0.4 is 15.4 Å². The smallest absolute Gasteiger partial charge is 0.416 e. The second-order valence-electron chi connectivity index (χ2n) is 9.31. The van der Waals surface area contributed by atoms with Gasteiger partial charge in [-0.3, -0.25) is 9.69 Å². The molecule has 4 aromatic rings. The lowest BCUT2D eigenvalue weighted by Gasteiger charge is -2.18. The molecule has 0 spiro atoms. The molecule has 3 heterocycles. The number of carbonyl (C=O) groups is 1. The molecule has 2 aromatic carbocycles. The van der Waals surface area contributed by atoms with Crippen molar-refractivity contribution in [1.29, 1.82) is 0 Å². The number of likely N-dealkylation sites (tertiary alicyclic amines) is 1. The van der Waals surface area contributed by atoms with Crippen molar-refractivity contribution in [3.05, 3.63) is 70.9 Å². The quantitative estimate of drug-likeness (QED) is 0.278. The number of H-pyrrole nitrogens is 1. The minimum Gasteiger partial charge on any atom is -0.484 e. The van der Waals surface area contributed by atoms with Crippen molar-refractivity contribution in [3.8, 4) is 17.1 Å². The Morgan fingerprint density at radius 3 is 2.62 bits per heavy atom. The van der Waals surface area contributed by atoms with Gasteiger partial charge in [-0.05, 0) is 48.4 Å². The number of ether oxygens (including phenoxy) is 1. The number of amides is 1. The van der Waals surface area contributed by atoms with Crippen molar-refractivity contribution >= 4 is 34.4 Å². The van der Waals surface area contributed by atoms with Crippen LogP contribution in [-0.2, 0) is 17.5 Å². The maximum Gasteiger partial charge on any atom is 0.416 e. The Hall–Kier alpha value is -3.83. The van der Waals surface area contributed by atoms with E-state index in [4.69, 9.17) is 21.3 Å². The van der Waals surface area contributed by atoms with Gasteiger partial charge in [-0.2, -0.15) is 13.2 Å². The fourth-order valence-electron chi connectivity index (χ4n) is 4.49. The number of carbonyl (C=O) groups excluding carboxylic acids is 1. The zero-order chi connectivity index (χ0) is 27.6. The average molecular weight is 559 g/mol. The molecule has 1 atom stereocenters. The van der Waals surface area contributed by atoms with E-state index in [1.165, 1.54) is 12.1 Å². The number of aromatic nitrogens is 3. The van der Waals surface area contributed by atoms with Crippen molar-refractivity contribution in [2.24, 2.45) is 0 Å². The SMILES string of the molecule is CNC(=O)COc1ccc(-c2nc3c(NC4CCN(Cc5ccc(C(F)(F)F)cc5)C4)c(Cl)cnc3[nH]2)cc1. The second kappa shape index (κ2) is 11.1. The van der Waals surface area contributed by atoms with Gasteiger partial charge in [-0.25, -0.2) is 9.97 Å². The van der Waals surface area contributed by atoms with Gasteiger partial charge in [0.15, 0.2) is 12.3 Å². The Morgan fingerprint density at radius 2 is 1.92 bits per heavy atom. The average Bonchev–Trinajstić information content (AvgIpc) is 3.56. The van der Waals surface area contributed by atoms with Crippen molar-refractivity contribution < 1.29 is 22.7 Å². The molecular weight excluding hydrogens is 533 g/mol. The largest absolute Gasteiger partial charge is 0.484 e. The summed E-state index contributed by atoms with van der Waals surface area (Å²) in [5.41, 5.74) is 2.86. The predicted molar refractivity (Wildman–Crippen MR) is 143 cm³/mol. The van der Waals surface area contributed by atoms with Crippen LogP contribution in [0, 0.1) is 0 Å². The van der Waals surface area contributed by atoms with Gasteiger partial charge in [-0.15, -0.1) is 0 Å². The lowest BCUT2D eigenvalue weighted by molar-refractivity contribution is -0.137. The molecule has 204 valence electrons. The standard InChI is InChI=1S/C27H26ClF3N6O2/c1-32-22(38)15-39-20-8-4-17(5-9-20)25-35-24-23(21(28)12-33-26(24)36-25)34-19-10-11-37(14-19)13-16-2-6-18(7-3-16)27(29,30)31/h2-9,12,19H,10-11,13-15H2,1H3,(H,32,38)(H2,33,34,35,36). The van der Waals surface area contributed by atoms with E-state index in [1.54, 1.807) is 25.4 Å². The number of hydrogen-bond acceptors (Lipinski definition) is 6. The number of aromatic amines is 1. The molecule has 1 aliphatic heterocycles. The Labute approximate surface area is 227 Å². The number of benzene rings is 2. The first kappa shape index (κ1) is 26.8. The van der Waals surface area contributed by atoms with E-state index in [2.05, 4.69) is 25.5 Å². The van der Waals surface area contributed by atoms with Crippen LogP contribution in [0.1, 0.15) is 17.5 Å². The molecule has 0 saturated carbocycles. The number of fused-ring (bicyclic) bond motifs is 1. The van der Waals surface area contributed by atoms with Crippen molar-refractivity contribution in [3.63, 3.8) is 0 Å². The summed E-state index contributed by atoms with van der Waals surface area (Å²) in [6, 6.07) is 12.6. The third-order valence-electron chi connectivity index (χ3n) is 6.55. The first-order valence-electron chi connectivity index (χ1n) is 12.3. The van der Waals surface area contributed by atoms with Crippen LogP contribution in [0.5, 0.6) is 5.75 Å². The lowest BCUT2D eigenvalue weighted by atomic mass is 10.1. The zero-order valence-electron chi connectivity index (χ0n) is 21.0. The molecule has 2 aromatic heterocycles. The highest BCUT2D eigenvalue weighted by Crippen LogP contribution is 2.33. The number of halogens is 4. The summed E-state index contributed by atoms with van der Waals surface area (Å²) in [4.78, 5) is 25.9. The highest BCUT2D eigenvalue weighted by atomic mass is 35.5. The van der Waals surface area contributed by atoms with E-state index in [1.807, 2.05) is 12.1 Å². The maximum atomic E-state index is 12.8. The number of rotatable bonds is 8. The molecule has 12 heteroatoms. The van der Waals surface area contributed by atoms with E-state index in [0.717, 1.165) is 36.2 Å². The highest BCUT2D eigenvalue weighted by molar-refractivity contribution is 6.34. The summed E-state index contributed by atoms with van der Waals surface area (Å²) in [6.07, 6.45) is -1.93. The van der Waals surface area contributed by atoms with E-state index in [9.17, 15) is 18.0 Å². The number of imidazole rings is 1. The third-order valence-corrected chi connectivity index (χ3v) is 6.84. The molecule has 3 N–H and O–H groups in total. The molecule has 1 unspecified atom stereocenters. The number of anilines is 1. The summed E-state index contributed by atoms with van der Waals surface area (Å²) in [5, 5.41) is 6.45. The minimum atomic E-state index is -4.34. The molecule has 39 heavy (non-hydrogen) atoms. The lowest BCUT2D eigenvalue weighted by Crippen LogP contribution is -2.26. The fraction of sp³-hybridized carbons (Fsp3) is 0.296. The number of likely N-dealkylation sites (N-methyl/N-ethyl adjacent to an activating group) is 1. The van der Waals surface area contributed by atoms with E-state index in [-0.39, 0.29) is 18.6 Å². The first-order valence-corrected chi connectivity index (χ1v) is 12.7. The van der Waals surface area contributed by atoms with Gasteiger partial charge in [0.25, 0.3) is 5.91 Å². The van der Waals surface area contributed by atoms with Crippen molar-refractivity contribution in [2.75, 3.05) is 32.1 Å². The normalized spacial score (nSPS) is 16.0. The summed E-state index contributed by atoms with van der Waals surface area (Å²) in [5.74, 6) is 0.949. The van der Waals surface area contributed by atoms with Crippen LogP contribution >= 0.6 is 11.6 Å². The van der Waals surface area contributed by atoms with Gasteiger partial charge in [0.1, 0.15) is 17.1 Å². The van der Waals surface area contributed by atoms with E-state index in [0.29, 0.717) is 46.5 Å². The predicted octanol–water partition coefficient (Wildman–Crippen LogP) is 5.11. The van der Waals surface area contributed by atoms with Crippen molar-refractivity contribution in [2.45, 2.75) is 25.2 Å². The second-order valence-corrected chi connectivity index (χ2v) is 9.72. The van der Waals surface area contributed by atoms with Gasteiger partial charge in [0.05, 0.1) is 22.5 Å². The Kier molecular flexibility index (Phi) is 7.62. The van der Waals surface area contributed by atoms with Gasteiger partial charge < -0.3 is 20.4 Å². The molecule has 8 nitrogen and oxygen atoms in total. The zero-order valence-corrected chi connectivity index (χ0v) is 21.7. The highest BCUT2D eigenvalue weighted by Gasteiger charge is 2.30. The molecule has 0 aliphatic carbocycles. The first-order chi connectivity index (χ1) is 18.7. The number of pyridine rings is 1. The van der Waals surface area contributed by atoms with Gasteiger partial charge in [-0.1, -0.05) is 23.7 Å². The van der Waals surface area contributed by atoms with Crippen LogP contribution in [0.4, 0.5) is 18.9 Å². The van der Waals surface area contributed by atoms with Crippen LogP contribution in [0.15, 0.2) is 54.7 Å². The fourth-order valence-corrected chi connectivity index (χ4v) is 4.68. The van der Waals surface area contributed by atoms with Crippen LogP contribution in [0.2, 0.25) is 5.02 Å². The van der Waals surface area contributed by atoms with E-state index >= 15 is 0 Å². The van der Waals surface area contributed by atoms with Crippen LogP contribution in [0.3, 0.4) is 0 Å². The van der Waals surface area contributed by atoms with Gasteiger partial charge in [0.2, 0.25) is 0 Å². The third kappa shape index (κ3) is 6.26. The molecule has 0 radical (unpaired) electrons. The van der Waals surface area contributed by atoms with Crippen LogP contribution in [-0.4, -0.2) is 58.5 Å². The Bertz CT molecular complexity index is 1460. The minimum absolute atomic E-state index is 0.0686. The topological polar surface area (TPSA) is 95.2 Å². The molecular formula is C27H26ClF3N6O2. The summed E-state index contributed by atoms with van der Waals surface area (Å²) in [7, 11) is 1.55. The summed E-state index contributed by atoms with van der Waals surface area (Å²) in [6.45, 7) is 1.99. The molecule has 1 saturated heterocycles. The van der Waals surface area contributed by atoms with E-state index < -0.39 is 11.7 Å². The molecule has 1 amide bonds. The maximum absolute atomic E-state index is 12.8. The summed E-state index contributed by atoms with van der Waals surface area (Å²) < 4.78 is 44.0. The molecule has 1 aliphatic rings. The van der Waals surface area contributed by atoms with Crippen molar-refractivity contribution in [1.82, 2.24) is 25.2 Å². The number of alkyl halides is 3. The van der Waals surface area contributed by atoms with Gasteiger partial charge >= 0.3 is 6.18 Å². The Balaban J connectivity index is 1.26. The molecule has 5 rings (SSSR count). The number of nitrogens with zero attached hydrogens (tertiary/aromatic N) is 3. The monoisotopic (exact) mass is 558 g/mol. The Morgan fingerprint density at radius 1 is 1.18 bits per heavy atom. The van der Waals surface area contributed by atoms with Gasteiger partial charge in [0, 0.05) is 38.3 Å².